The van der Waals surface area contributed by atoms with Crippen molar-refractivity contribution in [2.45, 2.75) is 6.61 Å². The third kappa shape index (κ3) is 1.62. The number of nitrogens with two attached hydrogens (primary N) is 1. The molecule has 0 spiro atoms. The molecule has 0 saturated heterocycles. The lowest BCUT2D eigenvalue weighted by atomic mass is 10.7. The highest BCUT2D eigenvalue weighted by Crippen LogP contribution is 2.05. The van der Waals surface area contributed by atoms with E-state index in [0.717, 1.165) is 5.01 Å². The highest BCUT2D eigenvalue weighted by molar-refractivity contribution is 7.05. The number of nitrogens with zero attached hydrogens (tertiary/aromatic N) is 2. The maximum absolute atomic E-state index is 5.24. The summed E-state index contributed by atoms with van der Waals surface area (Å²) in [6, 6.07) is 0. The first-order valence-electron chi connectivity index (χ1n) is 2.40. The molecule has 0 aliphatic carbocycles. The van der Waals surface area contributed by atoms with E-state index in [9.17, 15) is 0 Å². The van der Waals surface area contributed by atoms with Crippen LogP contribution in [0.1, 0.15) is 5.01 Å². The first-order valence-corrected chi connectivity index (χ1v) is 3.17. The van der Waals surface area contributed by atoms with Gasteiger partial charge in [0.05, 0.1) is 6.61 Å². The number of nitrogen functional groups attached to an aromatic ring is 1. The van der Waals surface area contributed by atoms with Gasteiger partial charge in [-0.15, -0.1) is 0 Å². The van der Waals surface area contributed by atoms with Crippen molar-refractivity contribution < 1.29 is 4.74 Å². The topological polar surface area (TPSA) is 61.0 Å². The predicted molar refractivity (Wildman–Crippen MR) is 35.0 cm³/mol. The van der Waals surface area contributed by atoms with Crippen LogP contribution in [0.25, 0.3) is 0 Å². The van der Waals surface area contributed by atoms with Gasteiger partial charge < -0.3 is 10.5 Å². The molecule has 0 aliphatic heterocycles. The highest BCUT2D eigenvalue weighted by atomic mass is 32.1. The summed E-state index contributed by atoms with van der Waals surface area (Å²) >= 11 is 1.26. The zero-order valence-corrected chi connectivity index (χ0v) is 5.81. The van der Waals surface area contributed by atoms with Gasteiger partial charge in [0.1, 0.15) is 5.01 Å². The number of hydrogen-bond donors (Lipinski definition) is 1. The minimum atomic E-state index is 0.326. The molecule has 0 aliphatic rings. The number of aromatic nitrogens is 2. The smallest absolute Gasteiger partial charge is 0.232 e. The van der Waals surface area contributed by atoms with Crippen LogP contribution in [0.4, 0.5) is 5.95 Å². The van der Waals surface area contributed by atoms with E-state index in [2.05, 4.69) is 9.36 Å². The Balaban J connectivity index is 2.61. The summed E-state index contributed by atoms with van der Waals surface area (Å²) in [7, 11) is 1.61. The van der Waals surface area contributed by atoms with Crippen LogP contribution < -0.4 is 5.73 Å². The number of hydrogen-bond acceptors (Lipinski definition) is 5. The van der Waals surface area contributed by atoms with Crippen LogP contribution in [-0.2, 0) is 11.3 Å². The first-order chi connectivity index (χ1) is 4.33. The van der Waals surface area contributed by atoms with Crippen LogP contribution >= 0.6 is 11.5 Å². The molecule has 0 amide bonds. The van der Waals surface area contributed by atoms with Crippen molar-refractivity contribution in [1.82, 2.24) is 9.36 Å². The minimum absolute atomic E-state index is 0.326. The molecule has 0 unspecified atom stereocenters. The fourth-order valence-electron chi connectivity index (χ4n) is 0.450. The molecule has 5 heteroatoms. The van der Waals surface area contributed by atoms with Gasteiger partial charge in [-0.3, -0.25) is 0 Å². The summed E-state index contributed by atoms with van der Waals surface area (Å²) in [5.74, 6) is 0.326. The zero-order chi connectivity index (χ0) is 6.69. The molecule has 0 aromatic carbocycles. The summed E-state index contributed by atoms with van der Waals surface area (Å²) in [5, 5.41) is 0.815. The number of rotatable bonds is 2. The summed E-state index contributed by atoms with van der Waals surface area (Å²) in [6.45, 7) is 0.495. The molecular formula is C4H7N3OS. The maximum atomic E-state index is 5.24. The Morgan fingerprint density at radius 3 is 3.00 bits per heavy atom. The quantitative estimate of drug-likeness (QED) is 0.648. The Labute approximate surface area is 56.8 Å². The lowest BCUT2D eigenvalue weighted by Crippen LogP contribution is -1.88. The normalized spacial score (nSPS) is 9.89. The van der Waals surface area contributed by atoms with Crippen LogP contribution in [-0.4, -0.2) is 16.5 Å². The van der Waals surface area contributed by atoms with E-state index in [1.807, 2.05) is 0 Å². The van der Waals surface area contributed by atoms with Gasteiger partial charge in [0.15, 0.2) is 0 Å². The maximum Gasteiger partial charge on any atom is 0.232 e. The fraction of sp³-hybridized carbons (Fsp3) is 0.500. The third-order valence-electron chi connectivity index (χ3n) is 0.752. The molecule has 2 N–H and O–H groups in total. The lowest BCUT2D eigenvalue weighted by Gasteiger charge is -1.86. The fourth-order valence-corrected chi connectivity index (χ4v) is 0.995. The van der Waals surface area contributed by atoms with Crippen LogP contribution in [0.15, 0.2) is 0 Å². The average Bonchev–Trinajstić information content (AvgIpc) is 2.17. The van der Waals surface area contributed by atoms with E-state index in [4.69, 9.17) is 10.5 Å². The van der Waals surface area contributed by atoms with Gasteiger partial charge >= 0.3 is 0 Å². The summed E-state index contributed by atoms with van der Waals surface area (Å²) in [5.41, 5.74) is 5.24. The molecule has 4 nitrogen and oxygen atoms in total. The molecule has 50 valence electrons. The Kier molecular flexibility index (Phi) is 1.96. The zero-order valence-electron chi connectivity index (χ0n) is 5.00. The average molecular weight is 145 g/mol. The molecule has 0 saturated carbocycles. The molecule has 0 fully saturated rings. The Morgan fingerprint density at radius 2 is 2.56 bits per heavy atom. The number of ether oxygens (including phenoxy) is 1. The summed E-state index contributed by atoms with van der Waals surface area (Å²) in [6.07, 6.45) is 0. The molecular weight excluding hydrogens is 138 g/mol. The van der Waals surface area contributed by atoms with E-state index in [1.165, 1.54) is 11.5 Å². The molecule has 1 rings (SSSR count). The number of methoxy groups -OCH3 is 1. The second kappa shape index (κ2) is 2.75. The van der Waals surface area contributed by atoms with Crippen molar-refractivity contribution in [3.8, 4) is 0 Å². The van der Waals surface area contributed by atoms with E-state index in [-0.39, 0.29) is 0 Å². The van der Waals surface area contributed by atoms with E-state index >= 15 is 0 Å². The van der Waals surface area contributed by atoms with Crippen molar-refractivity contribution in [2.75, 3.05) is 12.8 Å². The summed E-state index contributed by atoms with van der Waals surface area (Å²) < 4.78 is 8.56. The lowest BCUT2D eigenvalue weighted by molar-refractivity contribution is 0.184. The Hall–Kier alpha value is -0.680. The number of anilines is 1. The van der Waals surface area contributed by atoms with Crippen molar-refractivity contribution in [3.63, 3.8) is 0 Å². The van der Waals surface area contributed by atoms with E-state index in [1.54, 1.807) is 7.11 Å². The van der Waals surface area contributed by atoms with Gasteiger partial charge in [0, 0.05) is 7.11 Å². The van der Waals surface area contributed by atoms with E-state index < -0.39 is 0 Å². The molecule has 9 heavy (non-hydrogen) atoms. The van der Waals surface area contributed by atoms with Crippen LogP contribution in [0.3, 0.4) is 0 Å². The molecule has 0 radical (unpaired) electrons. The van der Waals surface area contributed by atoms with Gasteiger partial charge in [0.25, 0.3) is 0 Å². The Bertz CT molecular complexity index is 188. The SMILES string of the molecule is COCc1nc(N)ns1. The second-order valence-electron chi connectivity index (χ2n) is 1.48. The van der Waals surface area contributed by atoms with Gasteiger partial charge in [-0.1, -0.05) is 0 Å². The highest BCUT2D eigenvalue weighted by Gasteiger charge is 1.97. The van der Waals surface area contributed by atoms with Crippen LogP contribution in [0.2, 0.25) is 0 Å². The van der Waals surface area contributed by atoms with Crippen molar-refractivity contribution >= 4 is 17.5 Å². The van der Waals surface area contributed by atoms with Gasteiger partial charge in [0.2, 0.25) is 5.95 Å². The van der Waals surface area contributed by atoms with Crippen LogP contribution in [0.5, 0.6) is 0 Å². The predicted octanol–water partition coefficient (Wildman–Crippen LogP) is 0.267. The molecule has 1 aromatic heterocycles. The molecule has 0 bridgehead atoms. The third-order valence-corrected chi connectivity index (χ3v) is 1.45. The molecule has 1 heterocycles. The first kappa shape index (κ1) is 6.44. The van der Waals surface area contributed by atoms with Gasteiger partial charge in [-0.05, 0) is 11.5 Å². The largest absolute Gasteiger partial charge is 0.377 e. The van der Waals surface area contributed by atoms with Crippen LogP contribution in [0, 0.1) is 0 Å². The van der Waals surface area contributed by atoms with Gasteiger partial charge in [-0.2, -0.15) is 4.37 Å². The second-order valence-corrected chi connectivity index (χ2v) is 2.32. The van der Waals surface area contributed by atoms with Gasteiger partial charge in [-0.25, -0.2) is 4.98 Å². The van der Waals surface area contributed by atoms with E-state index in [0.29, 0.717) is 12.6 Å². The standard InChI is InChI=1S/C4H7N3OS/c1-8-2-3-6-4(5)7-9-3/h2H2,1H3,(H2,5,7). The van der Waals surface area contributed by atoms with Crippen molar-refractivity contribution in [2.24, 2.45) is 0 Å². The molecule has 1 aromatic rings. The summed E-state index contributed by atoms with van der Waals surface area (Å²) in [4.78, 5) is 3.86. The van der Waals surface area contributed by atoms with Crippen molar-refractivity contribution in [1.29, 1.82) is 0 Å². The minimum Gasteiger partial charge on any atom is -0.377 e. The molecule has 0 atom stereocenters. The Morgan fingerprint density at radius 1 is 1.78 bits per heavy atom. The van der Waals surface area contributed by atoms with Crippen molar-refractivity contribution in [3.05, 3.63) is 5.01 Å². The monoisotopic (exact) mass is 145 g/mol.